The van der Waals surface area contributed by atoms with Crippen molar-refractivity contribution in [3.63, 3.8) is 0 Å². The van der Waals surface area contributed by atoms with Gasteiger partial charge in [0.05, 0.1) is 5.60 Å². The number of carbonyl (C=O) groups excluding carboxylic acids is 1. The van der Waals surface area contributed by atoms with Crippen molar-refractivity contribution < 1.29 is 14.1 Å². The highest BCUT2D eigenvalue weighted by molar-refractivity contribution is 5.77. The van der Waals surface area contributed by atoms with Crippen molar-refractivity contribution in [1.82, 2.24) is 20.8 Å². The first-order chi connectivity index (χ1) is 8.57. The maximum atomic E-state index is 11.5. The average Bonchev–Trinajstić information content (AvgIpc) is 2.70. The summed E-state index contributed by atoms with van der Waals surface area (Å²) >= 11 is 0. The second-order valence-corrected chi connectivity index (χ2v) is 4.67. The highest BCUT2D eigenvalue weighted by Gasteiger charge is 2.32. The molecule has 0 bridgehead atoms. The van der Waals surface area contributed by atoms with Crippen LogP contribution in [-0.4, -0.2) is 47.9 Å². The van der Waals surface area contributed by atoms with Crippen LogP contribution < -0.4 is 10.6 Å². The van der Waals surface area contributed by atoms with Gasteiger partial charge in [0.15, 0.2) is 5.82 Å². The van der Waals surface area contributed by atoms with E-state index >= 15 is 0 Å². The number of aryl methyl sites for hydroxylation is 1. The van der Waals surface area contributed by atoms with E-state index in [1.165, 1.54) is 0 Å². The molecule has 100 valence electrons. The van der Waals surface area contributed by atoms with E-state index in [9.17, 15) is 4.79 Å². The van der Waals surface area contributed by atoms with Gasteiger partial charge >= 0.3 is 0 Å². The van der Waals surface area contributed by atoms with Crippen molar-refractivity contribution in [3.05, 3.63) is 11.7 Å². The molecule has 2 heterocycles. The van der Waals surface area contributed by atoms with Crippen molar-refractivity contribution in [2.45, 2.75) is 25.9 Å². The summed E-state index contributed by atoms with van der Waals surface area (Å²) in [6, 6.07) is 0. The Hall–Kier alpha value is -1.47. The van der Waals surface area contributed by atoms with Gasteiger partial charge in [-0.2, -0.15) is 4.98 Å². The molecule has 1 aromatic heterocycles. The van der Waals surface area contributed by atoms with Crippen LogP contribution in [0.25, 0.3) is 0 Å². The topological polar surface area (TPSA) is 89.3 Å². The normalized spacial score (nSPS) is 17.2. The third kappa shape index (κ3) is 3.51. The Kier molecular flexibility index (Phi) is 3.93. The molecule has 2 rings (SSSR count). The SMILES string of the molecule is Cc1nc(CCNC(=O)COC2(C)CNC2)no1. The first-order valence-electron chi connectivity index (χ1n) is 5.98. The number of carbonyl (C=O) groups is 1. The highest BCUT2D eigenvalue weighted by Crippen LogP contribution is 2.14. The Morgan fingerprint density at radius 3 is 2.94 bits per heavy atom. The van der Waals surface area contributed by atoms with Crippen molar-refractivity contribution in [2.24, 2.45) is 0 Å². The molecule has 0 atom stereocenters. The fraction of sp³-hybridized carbons (Fsp3) is 0.727. The van der Waals surface area contributed by atoms with Gasteiger partial charge in [-0.05, 0) is 6.92 Å². The summed E-state index contributed by atoms with van der Waals surface area (Å²) in [5, 5.41) is 9.61. The number of nitrogens with zero attached hydrogens (tertiary/aromatic N) is 2. The van der Waals surface area contributed by atoms with Crippen LogP contribution in [0.2, 0.25) is 0 Å². The third-order valence-corrected chi connectivity index (χ3v) is 2.79. The zero-order valence-electron chi connectivity index (χ0n) is 10.7. The molecule has 0 unspecified atom stereocenters. The molecule has 2 N–H and O–H groups in total. The van der Waals surface area contributed by atoms with E-state index < -0.39 is 0 Å². The summed E-state index contributed by atoms with van der Waals surface area (Å²) in [5.74, 6) is 1.01. The number of hydrogen-bond acceptors (Lipinski definition) is 6. The molecule has 0 spiro atoms. The summed E-state index contributed by atoms with van der Waals surface area (Å²) in [5.41, 5.74) is -0.192. The number of rotatable bonds is 6. The van der Waals surface area contributed by atoms with E-state index in [2.05, 4.69) is 20.8 Å². The fourth-order valence-electron chi connectivity index (χ4n) is 1.63. The van der Waals surface area contributed by atoms with Crippen LogP contribution in [0.5, 0.6) is 0 Å². The van der Waals surface area contributed by atoms with Gasteiger partial charge < -0.3 is 19.9 Å². The monoisotopic (exact) mass is 254 g/mol. The zero-order valence-corrected chi connectivity index (χ0v) is 10.7. The van der Waals surface area contributed by atoms with Crippen molar-refractivity contribution in [2.75, 3.05) is 26.2 Å². The molecule has 1 saturated heterocycles. The second-order valence-electron chi connectivity index (χ2n) is 4.67. The number of ether oxygens (including phenoxy) is 1. The predicted octanol–water partition coefficient (Wildman–Crippen LogP) is -0.585. The van der Waals surface area contributed by atoms with Crippen LogP contribution in [-0.2, 0) is 16.0 Å². The Balaban J connectivity index is 1.60. The molecule has 0 saturated carbocycles. The minimum atomic E-state index is -0.192. The van der Waals surface area contributed by atoms with E-state index in [1.807, 2.05) is 6.92 Å². The average molecular weight is 254 g/mol. The molecule has 0 aromatic carbocycles. The molecule has 1 aromatic rings. The maximum Gasteiger partial charge on any atom is 0.246 e. The van der Waals surface area contributed by atoms with Gasteiger partial charge in [-0.1, -0.05) is 5.16 Å². The summed E-state index contributed by atoms with van der Waals surface area (Å²) in [6.45, 7) is 5.87. The number of aromatic nitrogens is 2. The molecular weight excluding hydrogens is 236 g/mol. The Morgan fingerprint density at radius 1 is 1.61 bits per heavy atom. The van der Waals surface area contributed by atoms with E-state index in [-0.39, 0.29) is 18.1 Å². The minimum Gasteiger partial charge on any atom is -0.363 e. The molecule has 1 aliphatic heterocycles. The summed E-state index contributed by atoms with van der Waals surface area (Å²) < 4.78 is 10.3. The molecule has 1 amide bonds. The summed E-state index contributed by atoms with van der Waals surface area (Å²) in [6.07, 6.45) is 0.557. The highest BCUT2D eigenvalue weighted by atomic mass is 16.5. The Bertz CT molecular complexity index is 414. The first kappa shape index (κ1) is 13.0. The maximum absolute atomic E-state index is 11.5. The van der Waals surface area contributed by atoms with Crippen LogP contribution in [0.1, 0.15) is 18.6 Å². The largest absolute Gasteiger partial charge is 0.363 e. The molecular formula is C11H18N4O3. The van der Waals surface area contributed by atoms with Crippen molar-refractivity contribution in [3.8, 4) is 0 Å². The second kappa shape index (κ2) is 5.45. The molecule has 7 nitrogen and oxygen atoms in total. The lowest BCUT2D eigenvalue weighted by Gasteiger charge is -2.38. The van der Waals surface area contributed by atoms with Gasteiger partial charge in [0.2, 0.25) is 11.8 Å². The lowest BCUT2D eigenvalue weighted by atomic mass is 10.0. The van der Waals surface area contributed by atoms with Crippen LogP contribution in [0, 0.1) is 6.92 Å². The van der Waals surface area contributed by atoms with E-state index in [4.69, 9.17) is 9.26 Å². The number of amides is 1. The van der Waals surface area contributed by atoms with E-state index in [1.54, 1.807) is 6.92 Å². The van der Waals surface area contributed by atoms with Crippen molar-refractivity contribution in [1.29, 1.82) is 0 Å². The van der Waals surface area contributed by atoms with E-state index in [0.29, 0.717) is 24.7 Å². The summed E-state index contributed by atoms with van der Waals surface area (Å²) in [7, 11) is 0. The lowest BCUT2D eigenvalue weighted by molar-refractivity contribution is -0.135. The van der Waals surface area contributed by atoms with Crippen LogP contribution >= 0.6 is 0 Å². The summed E-state index contributed by atoms with van der Waals surface area (Å²) in [4.78, 5) is 15.6. The van der Waals surface area contributed by atoms with Gasteiger partial charge in [-0.15, -0.1) is 0 Å². The van der Waals surface area contributed by atoms with Gasteiger partial charge in [-0.25, -0.2) is 0 Å². The fourth-order valence-corrected chi connectivity index (χ4v) is 1.63. The van der Waals surface area contributed by atoms with Gasteiger partial charge in [0.1, 0.15) is 6.61 Å². The molecule has 0 radical (unpaired) electrons. The van der Waals surface area contributed by atoms with Gasteiger partial charge in [0.25, 0.3) is 0 Å². The first-order valence-corrected chi connectivity index (χ1v) is 5.98. The quantitative estimate of drug-likeness (QED) is 0.705. The standard InChI is InChI=1S/C11H18N4O3/c1-8-14-9(15-18-8)3-4-13-10(16)5-17-11(2)6-12-7-11/h12H,3-7H2,1-2H3,(H,13,16). The van der Waals surface area contributed by atoms with Crippen molar-refractivity contribution >= 4 is 5.91 Å². The lowest BCUT2D eigenvalue weighted by Crippen LogP contribution is -2.59. The molecule has 1 aliphatic rings. The van der Waals surface area contributed by atoms with E-state index in [0.717, 1.165) is 13.1 Å². The predicted molar refractivity (Wildman–Crippen MR) is 63.0 cm³/mol. The van der Waals surface area contributed by atoms with Crippen LogP contribution in [0.3, 0.4) is 0 Å². The Labute approximate surface area is 105 Å². The van der Waals surface area contributed by atoms with Crippen LogP contribution in [0.15, 0.2) is 4.52 Å². The molecule has 18 heavy (non-hydrogen) atoms. The Morgan fingerprint density at radius 2 is 2.39 bits per heavy atom. The molecule has 7 heteroatoms. The molecule has 1 fully saturated rings. The zero-order chi connectivity index (χ0) is 13.0. The smallest absolute Gasteiger partial charge is 0.246 e. The third-order valence-electron chi connectivity index (χ3n) is 2.79. The number of hydrogen-bond donors (Lipinski definition) is 2. The minimum absolute atomic E-state index is 0.0868. The molecule has 0 aliphatic carbocycles. The van der Waals surface area contributed by atoms with Gasteiger partial charge in [-0.3, -0.25) is 4.79 Å². The van der Waals surface area contributed by atoms with Gasteiger partial charge in [0, 0.05) is 33.0 Å². The van der Waals surface area contributed by atoms with Crippen LogP contribution in [0.4, 0.5) is 0 Å². The number of nitrogens with one attached hydrogen (secondary N) is 2.